The number of aryl methyl sites for hydroxylation is 1. The molecule has 110 valence electrons. The number of ether oxygens (including phenoxy) is 1. The number of halogens is 1. The van der Waals surface area contributed by atoms with Crippen LogP contribution in [0.2, 0.25) is 5.02 Å². The van der Waals surface area contributed by atoms with Gasteiger partial charge in [-0.25, -0.2) is 4.79 Å². The van der Waals surface area contributed by atoms with Crippen molar-refractivity contribution in [2.24, 2.45) is 0 Å². The Labute approximate surface area is 127 Å². The lowest BCUT2D eigenvalue weighted by atomic mass is 10.1. The second-order valence-electron chi connectivity index (χ2n) is 5.35. The van der Waals surface area contributed by atoms with Crippen LogP contribution in [0.5, 0.6) is 0 Å². The number of aromatic nitrogens is 1. The first-order valence-corrected chi connectivity index (χ1v) is 7.42. The molecule has 21 heavy (non-hydrogen) atoms. The van der Waals surface area contributed by atoms with E-state index in [9.17, 15) is 9.59 Å². The molecule has 0 N–H and O–H groups in total. The maximum atomic E-state index is 12.5. The van der Waals surface area contributed by atoms with Crippen molar-refractivity contribution in [1.29, 1.82) is 0 Å². The van der Waals surface area contributed by atoms with E-state index in [2.05, 4.69) is 0 Å². The summed E-state index contributed by atoms with van der Waals surface area (Å²) in [5.41, 5.74) is 1.41. The maximum Gasteiger partial charge on any atom is 0.343 e. The molecule has 0 saturated heterocycles. The van der Waals surface area contributed by atoms with Gasteiger partial charge in [-0.15, -0.1) is 0 Å². The van der Waals surface area contributed by atoms with Crippen LogP contribution in [0, 0.1) is 6.92 Å². The van der Waals surface area contributed by atoms with Crippen LogP contribution in [0.25, 0.3) is 10.9 Å². The summed E-state index contributed by atoms with van der Waals surface area (Å²) < 4.78 is 6.97. The predicted octanol–water partition coefficient (Wildman–Crippen LogP) is 3.47. The monoisotopic (exact) mass is 305 g/mol. The summed E-state index contributed by atoms with van der Waals surface area (Å²) in [6.45, 7) is 3.82. The molecule has 0 bridgehead atoms. The summed E-state index contributed by atoms with van der Waals surface area (Å²) in [6, 6.07) is 3.89. The Bertz CT molecular complexity index is 790. The first kappa shape index (κ1) is 14.1. The van der Waals surface area contributed by atoms with E-state index in [0.717, 1.165) is 23.9 Å². The Morgan fingerprint density at radius 3 is 2.76 bits per heavy atom. The van der Waals surface area contributed by atoms with Crippen molar-refractivity contribution in [3.8, 4) is 0 Å². The fourth-order valence-corrected chi connectivity index (χ4v) is 2.65. The lowest BCUT2D eigenvalue weighted by Crippen LogP contribution is -2.20. The minimum atomic E-state index is -0.564. The molecule has 4 nitrogen and oxygen atoms in total. The van der Waals surface area contributed by atoms with Crippen LogP contribution in [-0.4, -0.2) is 17.1 Å². The summed E-state index contributed by atoms with van der Waals surface area (Å²) in [5.74, 6) is -0.564. The molecule has 1 aliphatic carbocycles. The number of esters is 1. The normalized spacial score (nSPS) is 14.4. The van der Waals surface area contributed by atoms with Crippen LogP contribution in [0.4, 0.5) is 0 Å². The van der Waals surface area contributed by atoms with Gasteiger partial charge in [-0.1, -0.05) is 11.6 Å². The highest BCUT2D eigenvalue weighted by atomic mass is 35.5. The van der Waals surface area contributed by atoms with Crippen LogP contribution in [0.15, 0.2) is 23.1 Å². The van der Waals surface area contributed by atoms with Crippen LogP contribution < -0.4 is 5.43 Å². The number of benzene rings is 1. The zero-order valence-corrected chi connectivity index (χ0v) is 12.7. The first-order valence-electron chi connectivity index (χ1n) is 7.05. The van der Waals surface area contributed by atoms with Crippen molar-refractivity contribution in [3.05, 3.63) is 44.7 Å². The smallest absolute Gasteiger partial charge is 0.343 e. The van der Waals surface area contributed by atoms with Crippen LogP contribution >= 0.6 is 11.6 Å². The maximum absolute atomic E-state index is 12.5. The highest BCUT2D eigenvalue weighted by Crippen LogP contribution is 2.37. The van der Waals surface area contributed by atoms with Crippen LogP contribution in [-0.2, 0) is 4.74 Å². The zero-order valence-electron chi connectivity index (χ0n) is 12.0. The van der Waals surface area contributed by atoms with Crippen LogP contribution in [0.3, 0.4) is 0 Å². The Hall–Kier alpha value is -1.81. The van der Waals surface area contributed by atoms with Gasteiger partial charge in [0.2, 0.25) is 5.43 Å². The van der Waals surface area contributed by atoms with Crippen molar-refractivity contribution >= 4 is 28.5 Å². The molecular weight excluding hydrogens is 290 g/mol. The molecule has 1 aromatic heterocycles. The van der Waals surface area contributed by atoms with Crippen molar-refractivity contribution in [2.45, 2.75) is 32.7 Å². The van der Waals surface area contributed by atoms with Gasteiger partial charge in [-0.2, -0.15) is 0 Å². The van der Waals surface area contributed by atoms with E-state index in [0.29, 0.717) is 16.5 Å². The average molecular weight is 306 g/mol. The third kappa shape index (κ3) is 2.44. The third-order valence-electron chi connectivity index (χ3n) is 3.75. The van der Waals surface area contributed by atoms with E-state index in [-0.39, 0.29) is 17.6 Å². The number of carbonyl (C=O) groups excluding carboxylic acids is 1. The Balaban J connectivity index is 2.31. The molecule has 5 heteroatoms. The number of nitrogens with zero attached hydrogens (tertiary/aromatic N) is 1. The fraction of sp³-hybridized carbons (Fsp3) is 0.375. The molecule has 1 fully saturated rings. The molecule has 0 aliphatic heterocycles. The van der Waals surface area contributed by atoms with Gasteiger partial charge in [0.25, 0.3) is 0 Å². The Morgan fingerprint density at radius 2 is 2.14 bits per heavy atom. The molecule has 1 aromatic carbocycles. The minimum Gasteiger partial charge on any atom is -0.462 e. The van der Waals surface area contributed by atoms with E-state index in [1.54, 1.807) is 25.3 Å². The lowest BCUT2D eigenvalue weighted by molar-refractivity contribution is 0.0524. The molecule has 0 atom stereocenters. The second kappa shape index (κ2) is 5.19. The third-order valence-corrected chi connectivity index (χ3v) is 4.16. The highest BCUT2D eigenvalue weighted by Gasteiger charge is 2.27. The van der Waals surface area contributed by atoms with Crippen molar-refractivity contribution < 1.29 is 9.53 Å². The summed E-state index contributed by atoms with van der Waals surface area (Å²) in [4.78, 5) is 24.5. The first-order chi connectivity index (χ1) is 10.0. The van der Waals surface area contributed by atoms with Crippen molar-refractivity contribution in [1.82, 2.24) is 4.57 Å². The standard InChI is InChI=1S/C16H16ClNO3/c1-3-21-16(20)12-8-18(10-4-5-10)14-7-13(17)9(2)6-11(14)15(12)19/h6-8,10H,3-5H2,1-2H3. The lowest BCUT2D eigenvalue weighted by Gasteiger charge is -2.13. The SMILES string of the molecule is CCOC(=O)c1cn(C2CC2)c2cc(Cl)c(C)cc2c1=O. The largest absolute Gasteiger partial charge is 0.462 e. The number of hydrogen-bond acceptors (Lipinski definition) is 3. The fourth-order valence-electron chi connectivity index (χ4n) is 2.49. The van der Waals surface area contributed by atoms with E-state index in [4.69, 9.17) is 16.3 Å². The van der Waals surface area contributed by atoms with Crippen molar-refractivity contribution in [2.75, 3.05) is 6.61 Å². The van der Waals surface area contributed by atoms with Gasteiger partial charge in [0.05, 0.1) is 12.1 Å². The summed E-state index contributed by atoms with van der Waals surface area (Å²) in [7, 11) is 0. The van der Waals surface area contributed by atoms with Gasteiger partial charge in [-0.3, -0.25) is 4.79 Å². The minimum absolute atomic E-state index is 0.0953. The molecule has 1 saturated carbocycles. The second-order valence-corrected chi connectivity index (χ2v) is 5.76. The molecule has 0 radical (unpaired) electrons. The summed E-state index contributed by atoms with van der Waals surface area (Å²) >= 11 is 6.18. The van der Waals surface area contributed by atoms with E-state index < -0.39 is 5.97 Å². The van der Waals surface area contributed by atoms with Gasteiger partial charge in [0.1, 0.15) is 5.56 Å². The summed E-state index contributed by atoms with van der Waals surface area (Å²) in [5, 5.41) is 1.15. The van der Waals surface area contributed by atoms with Gasteiger partial charge >= 0.3 is 5.97 Å². The molecule has 3 rings (SSSR count). The van der Waals surface area contributed by atoms with E-state index in [1.807, 2.05) is 11.5 Å². The van der Waals surface area contributed by atoms with Gasteiger partial charge in [-0.05, 0) is 44.4 Å². The number of carbonyl (C=O) groups is 1. The molecule has 1 heterocycles. The number of fused-ring (bicyclic) bond motifs is 1. The van der Waals surface area contributed by atoms with Gasteiger partial charge < -0.3 is 9.30 Å². The zero-order chi connectivity index (χ0) is 15.1. The number of rotatable bonds is 3. The number of hydrogen-bond donors (Lipinski definition) is 0. The van der Waals surface area contributed by atoms with E-state index >= 15 is 0 Å². The molecule has 0 unspecified atom stereocenters. The Kier molecular flexibility index (Phi) is 3.49. The quantitative estimate of drug-likeness (QED) is 0.816. The molecule has 0 spiro atoms. The van der Waals surface area contributed by atoms with Gasteiger partial charge in [0.15, 0.2) is 0 Å². The van der Waals surface area contributed by atoms with Crippen molar-refractivity contribution in [3.63, 3.8) is 0 Å². The van der Waals surface area contributed by atoms with Crippen LogP contribution in [0.1, 0.15) is 41.7 Å². The molecule has 2 aromatic rings. The topological polar surface area (TPSA) is 48.3 Å². The summed E-state index contributed by atoms with van der Waals surface area (Å²) in [6.07, 6.45) is 3.71. The Morgan fingerprint density at radius 1 is 1.43 bits per heavy atom. The highest BCUT2D eigenvalue weighted by molar-refractivity contribution is 6.32. The molecular formula is C16H16ClNO3. The van der Waals surface area contributed by atoms with E-state index in [1.165, 1.54) is 0 Å². The average Bonchev–Trinajstić information content (AvgIpc) is 3.26. The number of pyridine rings is 1. The molecule has 0 amide bonds. The predicted molar refractivity (Wildman–Crippen MR) is 82.2 cm³/mol. The van der Waals surface area contributed by atoms with Gasteiger partial charge in [0, 0.05) is 22.6 Å². The molecule has 1 aliphatic rings.